The zero-order valence-corrected chi connectivity index (χ0v) is 69.6. The topological polar surface area (TPSA) is 197 Å². The van der Waals surface area contributed by atoms with Crippen molar-refractivity contribution in [3.63, 3.8) is 0 Å². The minimum absolute atomic E-state index is 0.0811. The first-order valence-electron chi connectivity index (χ1n) is 38.0. The van der Waals surface area contributed by atoms with E-state index in [1.807, 2.05) is 13.8 Å². The third-order valence-electron chi connectivity index (χ3n) is 22.1. The van der Waals surface area contributed by atoms with Crippen LogP contribution in [0.5, 0.6) is 0 Å². The number of unbranched alkanes of at least 4 members (excludes halogenated alkanes) is 15. The summed E-state index contributed by atoms with van der Waals surface area (Å²) < 4.78 is 0.997. The SMILES string of the molecule is CCCCCCCC(=O)CC[C@H]1[C@H](CI)CC(=O)[C@@H]1CC=CCCCC(OO)C(C)C.CCCCCCC[C@@]1(O)CC[C@H]2[C@@H](CC(=O)[C@@H]2CC=CCCCC(OO)C(C)C)C1.CCCCCCC[C@]1(O)CC[C@H]2[C@@H](CC(=O)[C@@H]2CC=CCCCC(OO)C(C)C)C1.[I][Sm][I]. The Balaban J connectivity index is 0.000000470. The van der Waals surface area contributed by atoms with Crippen molar-refractivity contribution in [1.29, 1.82) is 0 Å². The molecule has 5 N–H and O–H groups in total. The van der Waals surface area contributed by atoms with E-state index in [4.69, 9.17) is 15.8 Å². The van der Waals surface area contributed by atoms with Gasteiger partial charge in [0, 0.05) is 54.3 Å². The van der Waals surface area contributed by atoms with Crippen LogP contribution in [-0.2, 0) is 33.8 Å². The number of aliphatic hydroxyl groups is 2. The summed E-state index contributed by atoms with van der Waals surface area (Å²) in [5, 5.41) is 48.9. The first-order valence-corrected chi connectivity index (χ1v) is 54.6. The van der Waals surface area contributed by atoms with Gasteiger partial charge in [-0.25, -0.2) is 14.7 Å². The van der Waals surface area contributed by atoms with Crippen molar-refractivity contribution in [2.75, 3.05) is 4.43 Å². The van der Waals surface area contributed by atoms with E-state index in [1.165, 1.54) is 70.6 Å². The van der Waals surface area contributed by atoms with Gasteiger partial charge in [-0.3, -0.25) is 34.9 Å². The van der Waals surface area contributed by atoms with Gasteiger partial charge in [0.2, 0.25) is 0 Å². The third kappa shape index (κ3) is 37.0. The van der Waals surface area contributed by atoms with Crippen LogP contribution in [0, 0.1) is 96.5 Å². The van der Waals surface area contributed by atoms with E-state index < -0.39 is 11.2 Å². The maximum atomic E-state index is 12.6. The number of ketones is 4. The van der Waals surface area contributed by atoms with Crippen molar-refractivity contribution in [3.05, 3.63) is 36.5 Å². The van der Waals surface area contributed by atoms with Crippen molar-refractivity contribution in [2.45, 2.75) is 355 Å². The number of alkyl halides is 1. The number of rotatable bonds is 46. The zero-order chi connectivity index (χ0) is 69.7. The third-order valence-corrected chi connectivity index (χ3v) is 23.2. The van der Waals surface area contributed by atoms with Crippen LogP contribution in [0.25, 0.3) is 0 Å². The molecule has 5 saturated carbocycles. The van der Waals surface area contributed by atoms with E-state index in [0.717, 1.165) is 165 Å². The van der Waals surface area contributed by atoms with Gasteiger partial charge in [-0.2, -0.15) is 0 Å². The fourth-order valence-electron chi connectivity index (χ4n) is 16.1. The number of hydrogen-bond donors (Lipinski definition) is 5. The summed E-state index contributed by atoms with van der Waals surface area (Å²) in [6.45, 7) is 19.0. The molecule has 5 fully saturated rings. The van der Waals surface area contributed by atoms with Gasteiger partial charge in [0.1, 0.15) is 23.1 Å². The second-order valence-corrected chi connectivity index (χ2v) is 50.7. The summed E-state index contributed by atoms with van der Waals surface area (Å²) in [7, 11) is 0. The second kappa shape index (κ2) is 54.7. The number of hydrogen-bond acceptors (Lipinski definition) is 12. The number of carbonyl (C=O) groups excluding carboxylic acids is 4. The average molecular weight is 1800 g/mol. The predicted octanol–water partition coefficient (Wildman–Crippen LogP) is 22.8. The molecule has 5 aliphatic carbocycles. The Morgan fingerprint density at radius 1 is 0.511 bits per heavy atom. The van der Waals surface area contributed by atoms with Crippen molar-refractivity contribution in [2.24, 2.45) is 71.0 Å². The molecule has 0 aromatic carbocycles. The van der Waals surface area contributed by atoms with E-state index in [-0.39, 0.29) is 61.5 Å². The van der Waals surface area contributed by atoms with Crippen LogP contribution in [0.3, 0.4) is 0 Å². The molecule has 548 valence electrons. The molecular weight excluding hydrogens is 1660 g/mol. The molecule has 14 atom stereocenters. The second-order valence-electron chi connectivity index (χ2n) is 30.4. The summed E-state index contributed by atoms with van der Waals surface area (Å²) in [5.74, 6) is 5.40. The minimum atomic E-state index is -0.528. The number of allylic oxidation sites excluding steroid dienone is 6. The van der Waals surface area contributed by atoms with E-state index >= 15 is 0 Å². The monoisotopic (exact) mass is 1800 g/mol. The average Bonchev–Trinajstić information content (AvgIpc) is 1.83. The van der Waals surface area contributed by atoms with E-state index in [0.29, 0.717) is 108 Å². The first kappa shape index (κ1) is 91.2. The van der Waals surface area contributed by atoms with Crippen LogP contribution in [0.2, 0.25) is 0 Å². The van der Waals surface area contributed by atoms with E-state index in [9.17, 15) is 29.4 Å². The van der Waals surface area contributed by atoms with Crippen LogP contribution < -0.4 is 0 Å². The van der Waals surface area contributed by atoms with Gasteiger partial charge in [0.05, 0.1) is 29.5 Å². The Hall–Kier alpha value is 1.11. The molecule has 0 heterocycles. The Kier molecular flexibility index (Phi) is 53.1. The van der Waals surface area contributed by atoms with Crippen molar-refractivity contribution < 1.29 is 85.3 Å². The van der Waals surface area contributed by atoms with E-state index in [1.54, 1.807) is 0 Å². The molecule has 0 spiro atoms. The van der Waals surface area contributed by atoms with Gasteiger partial charge < -0.3 is 10.2 Å². The van der Waals surface area contributed by atoms with Crippen LogP contribution in [0.1, 0.15) is 326 Å². The summed E-state index contributed by atoms with van der Waals surface area (Å²) >= 11 is 7.47. The molecule has 0 aromatic heterocycles. The van der Waals surface area contributed by atoms with E-state index in [2.05, 4.69) is 151 Å². The molecule has 0 radical (unpaired) electrons. The molecule has 0 bridgehead atoms. The first-order chi connectivity index (χ1) is 45.1. The maximum absolute atomic E-state index is 12.6. The molecule has 0 aliphatic heterocycles. The Morgan fingerprint density at radius 2 is 0.862 bits per heavy atom. The van der Waals surface area contributed by atoms with Crippen LogP contribution in [0.4, 0.5) is 0 Å². The fraction of sp³-hybridized carbons (Fsp3) is 0.872. The van der Waals surface area contributed by atoms with Gasteiger partial charge in [0.15, 0.2) is 0 Å². The molecule has 12 nitrogen and oxygen atoms in total. The van der Waals surface area contributed by atoms with Crippen molar-refractivity contribution in [1.82, 2.24) is 0 Å². The molecule has 0 amide bonds. The van der Waals surface area contributed by atoms with Gasteiger partial charge in [-0.15, -0.1) is 0 Å². The van der Waals surface area contributed by atoms with Gasteiger partial charge >= 0.3 is 54.0 Å². The van der Waals surface area contributed by atoms with Crippen molar-refractivity contribution in [3.8, 4) is 0 Å². The van der Waals surface area contributed by atoms with Crippen LogP contribution >= 0.6 is 51.2 Å². The van der Waals surface area contributed by atoms with Crippen molar-refractivity contribution >= 4 is 74.3 Å². The summed E-state index contributed by atoms with van der Waals surface area (Å²) in [5.41, 5.74) is -1.06. The molecule has 3 unspecified atom stereocenters. The molecule has 5 aliphatic rings. The summed E-state index contributed by atoms with van der Waals surface area (Å²) in [6, 6.07) is 0. The number of Topliss-reactive ketones (excluding diaryl/α,β-unsaturated/α-hetero) is 4. The van der Waals surface area contributed by atoms with Crippen LogP contribution in [-0.4, -0.2) is 83.1 Å². The van der Waals surface area contributed by atoms with Gasteiger partial charge in [0.25, 0.3) is 0 Å². The zero-order valence-electron chi connectivity index (χ0n) is 60.5. The Labute approximate surface area is 619 Å². The Bertz CT molecular complexity index is 1980. The summed E-state index contributed by atoms with van der Waals surface area (Å²) in [6.07, 6.45) is 53.2. The van der Waals surface area contributed by atoms with Crippen LogP contribution in [0.15, 0.2) is 36.5 Å². The van der Waals surface area contributed by atoms with Gasteiger partial charge in [-0.05, 0) is 195 Å². The Morgan fingerprint density at radius 3 is 1.21 bits per heavy atom. The molecular formula is C78H137I3O12Sm. The number of halogens is 3. The number of fused-ring (bicyclic) bond motifs is 2. The molecule has 5 rings (SSSR count). The fourth-order valence-corrected chi connectivity index (χ4v) is 17.1. The molecule has 16 heteroatoms. The molecule has 0 saturated heterocycles. The standard InChI is InChI=1S/C26H45IO4.2C26H46O4.2HI.Sm/c1-4-5-6-7-10-13-22(28)16-17-23-21(19-27)18-25(29)24(23)14-11-8-9-12-15-26(31-30)20(2)3;2*1-4-5-6-9-12-16-26(28)17-15-22-21(19-26)18-24(27)23(22)13-10-7-8-11-14-25(30-29)20(2)3;;;/h8,11,20-21,23-24,26,30H,4-7,9-10,12-19H2,1-3H3;2*7,10,20-23,25,28-29H,4-6,8-9,11-19H2,1-3H3;2*1H;/q;;;;;+2/p-2/t21-,23-,24+,26?;21-,22-,23+,25?,26+;21-,22-,23+,25?,26-;;;/m000.../s1. The molecule has 0 aromatic rings. The summed E-state index contributed by atoms with van der Waals surface area (Å²) in [4.78, 5) is 63.9. The number of carbonyl (C=O) groups is 4. The normalized spacial score (nSPS) is 27.0. The van der Waals surface area contributed by atoms with Gasteiger partial charge in [-0.1, -0.05) is 211 Å². The quantitative estimate of drug-likeness (QED) is 0.00967. The predicted molar refractivity (Wildman–Crippen MR) is 409 cm³/mol. The molecule has 94 heavy (non-hydrogen) atoms.